The molecule has 0 aliphatic rings. The van der Waals surface area contributed by atoms with E-state index in [0.29, 0.717) is 24.1 Å². The highest BCUT2D eigenvalue weighted by molar-refractivity contribution is 7.99. The maximum Gasteiger partial charge on any atom is 0.291 e. The standard InChI is InChI=1S/C7H12F2N4S/c1-2-3-13-5(4-10)11-12-7(13)14-6(8)9/h6H,2-4,10H2,1H3. The first kappa shape index (κ1) is 11.4. The molecule has 0 aliphatic heterocycles. The van der Waals surface area contributed by atoms with Crippen LogP contribution in [-0.2, 0) is 13.1 Å². The van der Waals surface area contributed by atoms with Crippen molar-refractivity contribution in [1.29, 1.82) is 0 Å². The summed E-state index contributed by atoms with van der Waals surface area (Å²) in [5, 5.41) is 7.64. The van der Waals surface area contributed by atoms with Crippen molar-refractivity contribution >= 4 is 11.8 Å². The third kappa shape index (κ3) is 2.65. The Balaban J connectivity index is 2.86. The molecule has 0 fully saturated rings. The molecule has 80 valence electrons. The average molecular weight is 222 g/mol. The van der Waals surface area contributed by atoms with Crippen molar-refractivity contribution in [2.45, 2.75) is 37.3 Å². The average Bonchev–Trinajstić information content (AvgIpc) is 2.48. The summed E-state index contributed by atoms with van der Waals surface area (Å²) in [4.78, 5) is 0. The van der Waals surface area contributed by atoms with Crippen LogP contribution in [0.15, 0.2) is 5.16 Å². The predicted octanol–water partition coefficient (Wildman–Crippen LogP) is 1.46. The SMILES string of the molecule is CCCn1c(CN)nnc1SC(F)F. The number of hydrogen-bond acceptors (Lipinski definition) is 4. The lowest BCUT2D eigenvalue weighted by Gasteiger charge is -2.06. The molecule has 0 atom stereocenters. The molecule has 0 saturated heterocycles. The number of nitrogens with two attached hydrogens (primary N) is 1. The lowest BCUT2D eigenvalue weighted by Crippen LogP contribution is -2.09. The molecule has 0 radical (unpaired) electrons. The van der Waals surface area contributed by atoms with E-state index in [1.807, 2.05) is 6.92 Å². The second-order valence-corrected chi connectivity index (χ2v) is 3.59. The first-order valence-corrected chi connectivity index (χ1v) is 5.14. The largest absolute Gasteiger partial charge is 0.324 e. The lowest BCUT2D eigenvalue weighted by molar-refractivity contribution is 0.251. The molecule has 14 heavy (non-hydrogen) atoms. The molecule has 4 nitrogen and oxygen atoms in total. The minimum Gasteiger partial charge on any atom is -0.324 e. The minimum atomic E-state index is -2.47. The highest BCUT2D eigenvalue weighted by atomic mass is 32.2. The summed E-state index contributed by atoms with van der Waals surface area (Å²) in [7, 11) is 0. The quantitative estimate of drug-likeness (QED) is 0.766. The first-order valence-electron chi connectivity index (χ1n) is 4.26. The van der Waals surface area contributed by atoms with E-state index in [2.05, 4.69) is 10.2 Å². The molecule has 1 heterocycles. The van der Waals surface area contributed by atoms with Gasteiger partial charge in [0.2, 0.25) is 0 Å². The number of hydrogen-bond donors (Lipinski definition) is 1. The molecular formula is C7H12F2N4S. The molecule has 0 saturated carbocycles. The molecule has 0 aliphatic carbocycles. The Morgan fingerprint density at radius 1 is 1.50 bits per heavy atom. The maximum atomic E-state index is 12.1. The molecule has 7 heteroatoms. The van der Waals surface area contributed by atoms with Crippen molar-refractivity contribution in [3.8, 4) is 0 Å². The van der Waals surface area contributed by atoms with E-state index in [1.54, 1.807) is 4.57 Å². The van der Waals surface area contributed by atoms with E-state index in [-0.39, 0.29) is 11.7 Å². The Kier molecular flexibility index (Phi) is 4.27. The van der Waals surface area contributed by atoms with Gasteiger partial charge >= 0.3 is 0 Å². The lowest BCUT2D eigenvalue weighted by atomic mass is 10.4. The van der Waals surface area contributed by atoms with E-state index in [0.717, 1.165) is 6.42 Å². The van der Waals surface area contributed by atoms with Gasteiger partial charge in [-0.15, -0.1) is 10.2 Å². The van der Waals surface area contributed by atoms with E-state index in [1.165, 1.54) is 0 Å². The van der Waals surface area contributed by atoms with Gasteiger partial charge in [-0.2, -0.15) is 8.78 Å². The van der Waals surface area contributed by atoms with Crippen LogP contribution in [0, 0.1) is 0 Å². The Morgan fingerprint density at radius 3 is 2.71 bits per heavy atom. The number of alkyl halides is 2. The Bertz CT molecular complexity index is 289. The summed E-state index contributed by atoms with van der Waals surface area (Å²) >= 11 is 0.402. The van der Waals surface area contributed by atoms with Crippen LogP contribution in [-0.4, -0.2) is 20.5 Å². The number of aromatic nitrogens is 3. The summed E-state index contributed by atoms with van der Waals surface area (Å²) in [6.07, 6.45) is 0.835. The fourth-order valence-corrected chi connectivity index (χ4v) is 1.66. The zero-order valence-electron chi connectivity index (χ0n) is 7.78. The summed E-state index contributed by atoms with van der Waals surface area (Å²) < 4.78 is 25.8. The fraction of sp³-hybridized carbons (Fsp3) is 0.714. The topological polar surface area (TPSA) is 56.7 Å². The van der Waals surface area contributed by atoms with Gasteiger partial charge in [0.25, 0.3) is 5.76 Å². The summed E-state index contributed by atoms with van der Waals surface area (Å²) in [5.41, 5.74) is 5.40. The zero-order chi connectivity index (χ0) is 10.6. The zero-order valence-corrected chi connectivity index (χ0v) is 8.60. The summed E-state index contributed by atoms with van der Waals surface area (Å²) in [6, 6.07) is 0. The van der Waals surface area contributed by atoms with Crippen molar-refractivity contribution in [3.63, 3.8) is 0 Å². The summed E-state index contributed by atoms with van der Waals surface area (Å²) in [5.74, 6) is -1.92. The molecular weight excluding hydrogens is 210 g/mol. The molecule has 0 spiro atoms. The number of halogens is 2. The van der Waals surface area contributed by atoms with E-state index < -0.39 is 5.76 Å². The smallest absolute Gasteiger partial charge is 0.291 e. The van der Waals surface area contributed by atoms with E-state index in [9.17, 15) is 8.78 Å². The molecule has 1 aromatic heterocycles. The van der Waals surface area contributed by atoms with Gasteiger partial charge in [-0.05, 0) is 18.2 Å². The van der Waals surface area contributed by atoms with E-state index >= 15 is 0 Å². The highest BCUT2D eigenvalue weighted by Gasteiger charge is 2.15. The van der Waals surface area contributed by atoms with Crippen molar-refractivity contribution in [3.05, 3.63) is 5.82 Å². The van der Waals surface area contributed by atoms with Crippen LogP contribution in [0.1, 0.15) is 19.2 Å². The molecule has 0 amide bonds. The van der Waals surface area contributed by atoms with Crippen LogP contribution in [0.5, 0.6) is 0 Å². The summed E-state index contributed by atoms with van der Waals surface area (Å²) in [6.45, 7) is 2.79. The van der Waals surface area contributed by atoms with Gasteiger partial charge in [0.15, 0.2) is 5.16 Å². The fourth-order valence-electron chi connectivity index (χ4n) is 1.09. The van der Waals surface area contributed by atoms with Crippen LogP contribution in [0.25, 0.3) is 0 Å². The Labute approximate surface area is 84.9 Å². The minimum absolute atomic E-state index is 0.219. The monoisotopic (exact) mass is 222 g/mol. The molecule has 0 bridgehead atoms. The van der Waals surface area contributed by atoms with Crippen molar-refractivity contribution in [2.75, 3.05) is 0 Å². The van der Waals surface area contributed by atoms with Crippen molar-refractivity contribution < 1.29 is 8.78 Å². The van der Waals surface area contributed by atoms with Crippen LogP contribution in [0.3, 0.4) is 0 Å². The second kappa shape index (κ2) is 5.26. The van der Waals surface area contributed by atoms with Gasteiger partial charge in [-0.1, -0.05) is 6.92 Å². The third-order valence-corrected chi connectivity index (χ3v) is 2.31. The van der Waals surface area contributed by atoms with Gasteiger partial charge in [-0.3, -0.25) is 0 Å². The van der Waals surface area contributed by atoms with Crippen LogP contribution in [0.2, 0.25) is 0 Å². The maximum absolute atomic E-state index is 12.1. The van der Waals surface area contributed by atoms with Crippen LogP contribution in [0.4, 0.5) is 8.78 Å². The molecule has 1 rings (SSSR count). The van der Waals surface area contributed by atoms with Crippen LogP contribution < -0.4 is 5.73 Å². The van der Waals surface area contributed by atoms with Gasteiger partial charge < -0.3 is 10.3 Å². The Hall–Kier alpha value is -0.690. The number of rotatable bonds is 5. The number of nitrogens with zero attached hydrogens (tertiary/aromatic N) is 3. The third-order valence-electron chi connectivity index (χ3n) is 1.62. The second-order valence-electron chi connectivity index (χ2n) is 2.63. The molecule has 0 unspecified atom stereocenters. The van der Waals surface area contributed by atoms with E-state index in [4.69, 9.17) is 5.73 Å². The normalized spacial score (nSPS) is 11.2. The highest BCUT2D eigenvalue weighted by Crippen LogP contribution is 2.24. The molecule has 2 N–H and O–H groups in total. The number of thioether (sulfide) groups is 1. The van der Waals surface area contributed by atoms with Crippen LogP contribution >= 0.6 is 11.8 Å². The van der Waals surface area contributed by atoms with Crippen molar-refractivity contribution in [2.24, 2.45) is 5.73 Å². The van der Waals surface area contributed by atoms with Gasteiger partial charge in [-0.25, -0.2) is 0 Å². The van der Waals surface area contributed by atoms with Crippen molar-refractivity contribution in [1.82, 2.24) is 14.8 Å². The van der Waals surface area contributed by atoms with Gasteiger partial charge in [0.1, 0.15) is 5.82 Å². The first-order chi connectivity index (χ1) is 6.69. The van der Waals surface area contributed by atoms with Gasteiger partial charge in [0.05, 0.1) is 6.54 Å². The predicted molar refractivity (Wildman–Crippen MR) is 50.1 cm³/mol. The van der Waals surface area contributed by atoms with Gasteiger partial charge in [0, 0.05) is 6.54 Å². The molecule has 1 aromatic rings. The Morgan fingerprint density at radius 2 is 2.21 bits per heavy atom. The molecule has 0 aromatic carbocycles.